The monoisotopic (exact) mass is 239 g/mol. The van der Waals surface area contributed by atoms with Crippen LogP contribution in [-0.2, 0) is 0 Å². The Morgan fingerprint density at radius 1 is 1.33 bits per heavy atom. The van der Waals surface area contributed by atoms with E-state index in [1.54, 1.807) is 17.4 Å². The molecule has 0 spiro atoms. The number of hydrogen-bond donors (Lipinski definition) is 2. The number of anilines is 1. The molecule has 0 bridgehead atoms. The van der Waals surface area contributed by atoms with Crippen molar-refractivity contribution in [3.8, 4) is 9.75 Å². The number of nitrogens with two attached hydrogens (primary N) is 1. The van der Waals surface area contributed by atoms with E-state index < -0.39 is 5.97 Å². The number of carboxylic acid groups (broad SMARTS) is 1. The zero-order chi connectivity index (χ0) is 11.0. The first kappa shape index (κ1) is 10.2. The number of carbonyl (C=O) groups is 1. The fourth-order valence-electron chi connectivity index (χ4n) is 1.26. The second-order valence-electron chi connectivity index (χ2n) is 3.11. The summed E-state index contributed by atoms with van der Waals surface area (Å²) in [6.07, 6.45) is 0. The number of hydrogen-bond acceptors (Lipinski definition) is 4. The summed E-state index contributed by atoms with van der Waals surface area (Å²) in [5, 5.41) is 8.86. The second-order valence-corrected chi connectivity index (χ2v) is 5.45. The third kappa shape index (κ3) is 1.88. The molecule has 2 rings (SSSR count). The largest absolute Gasteiger partial charge is 0.477 e. The number of carboxylic acids is 1. The molecule has 0 radical (unpaired) electrons. The number of rotatable bonds is 2. The van der Waals surface area contributed by atoms with Crippen LogP contribution in [0.4, 0.5) is 5.69 Å². The van der Waals surface area contributed by atoms with E-state index in [-0.39, 0.29) is 4.88 Å². The van der Waals surface area contributed by atoms with Gasteiger partial charge in [-0.05, 0) is 25.1 Å². The molecule has 0 saturated carbocycles. The molecule has 5 heteroatoms. The third-order valence-electron chi connectivity index (χ3n) is 1.94. The third-order valence-corrected chi connectivity index (χ3v) is 4.27. The first-order chi connectivity index (χ1) is 7.08. The number of aromatic carboxylic acids is 1. The average Bonchev–Trinajstić information content (AvgIpc) is 2.71. The number of thiophene rings is 2. The average molecular weight is 239 g/mol. The maximum absolute atomic E-state index is 10.8. The van der Waals surface area contributed by atoms with Crippen molar-refractivity contribution in [1.29, 1.82) is 0 Å². The second kappa shape index (κ2) is 3.67. The smallest absolute Gasteiger partial charge is 0.348 e. The van der Waals surface area contributed by atoms with Gasteiger partial charge in [0.1, 0.15) is 4.88 Å². The molecule has 0 aliphatic carbocycles. The minimum atomic E-state index is -0.961. The fourth-order valence-corrected chi connectivity index (χ4v) is 3.13. The molecule has 3 N–H and O–H groups in total. The van der Waals surface area contributed by atoms with Crippen LogP contribution in [0.3, 0.4) is 0 Å². The predicted molar refractivity (Wildman–Crippen MR) is 63.7 cm³/mol. The SMILES string of the molecule is Cc1ccc(-c2cc(N)c(C(=O)O)s2)s1. The maximum Gasteiger partial charge on any atom is 0.348 e. The van der Waals surface area contributed by atoms with Gasteiger partial charge in [0.05, 0.1) is 5.69 Å². The molecule has 2 heterocycles. The van der Waals surface area contributed by atoms with Crippen LogP contribution in [0, 0.1) is 6.92 Å². The lowest BCUT2D eigenvalue weighted by atomic mass is 10.3. The molecule has 0 unspecified atom stereocenters. The van der Waals surface area contributed by atoms with Crippen molar-refractivity contribution in [2.75, 3.05) is 5.73 Å². The highest BCUT2D eigenvalue weighted by molar-refractivity contribution is 7.23. The molecule has 0 saturated heterocycles. The topological polar surface area (TPSA) is 63.3 Å². The molecule has 0 aliphatic heterocycles. The van der Waals surface area contributed by atoms with Crippen molar-refractivity contribution < 1.29 is 9.90 Å². The minimum absolute atomic E-state index is 0.219. The van der Waals surface area contributed by atoms with Gasteiger partial charge in [-0.2, -0.15) is 0 Å². The Kier molecular flexibility index (Phi) is 2.50. The normalized spacial score (nSPS) is 10.5. The van der Waals surface area contributed by atoms with Crippen LogP contribution in [-0.4, -0.2) is 11.1 Å². The van der Waals surface area contributed by atoms with Gasteiger partial charge >= 0.3 is 5.97 Å². The van der Waals surface area contributed by atoms with E-state index >= 15 is 0 Å². The Labute approximate surface area is 94.8 Å². The lowest BCUT2D eigenvalue weighted by Gasteiger charge is -1.87. The van der Waals surface area contributed by atoms with Crippen LogP contribution < -0.4 is 5.73 Å². The molecule has 3 nitrogen and oxygen atoms in total. The lowest BCUT2D eigenvalue weighted by molar-refractivity contribution is 0.0703. The minimum Gasteiger partial charge on any atom is -0.477 e. The van der Waals surface area contributed by atoms with Crippen molar-refractivity contribution in [2.24, 2.45) is 0 Å². The highest BCUT2D eigenvalue weighted by Crippen LogP contribution is 2.36. The summed E-state index contributed by atoms with van der Waals surface area (Å²) in [5.41, 5.74) is 5.96. The van der Waals surface area contributed by atoms with Gasteiger partial charge in [-0.1, -0.05) is 0 Å². The molecule has 0 fully saturated rings. The summed E-state index contributed by atoms with van der Waals surface area (Å²) >= 11 is 2.86. The van der Waals surface area contributed by atoms with Crippen molar-refractivity contribution in [3.63, 3.8) is 0 Å². The molecule has 0 amide bonds. The first-order valence-corrected chi connectivity index (χ1v) is 5.90. The number of nitrogen functional groups attached to an aromatic ring is 1. The van der Waals surface area contributed by atoms with Gasteiger partial charge in [0.15, 0.2) is 0 Å². The fraction of sp³-hybridized carbons (Fsp3) is 0.100. The molecule has 0 aliphatic rings. The van der Waals surface area contributed by atoms with Crippen LogP contribution in [0.2, 0.25) is 0 Å². The first-order valence-electron chi connectivity index (χ1n) is 4.27. The highest BCUT2D eigenvalue weighted by atomic mass is 32.1. The Balaban J connectivity index is 2.46. The van der Waals surface area contributed by atoms with E-state index in [0.29, 0.717) is 5.69 Å². The Hall–Kier alpha value is -1.33. The van der Waals surface area contributed by atoms with E-state index in [4.69, 9.17) is 10.8 Å². The van der Waals surface area contributed by atoms with E-state index in [9.17, 15) is 4.79 Å². The lowest BCUT2D eigenvalue weighted by Crippen LogP contribution is -1.96. The van der Waals surface area contributed by atoms with Crippen LogP contribution in [0.25, 0.3) is 9.75 Å². The van der Waals surface area contributed by atoms with Crippen molar-refractivity contribution >= 4 is 34.3 Å². The van der Waals surface area contributed by atoms with E-state index in [1.807, 2.05) is 19.1 Å². The van der Waals surface area contributed by atoms with Crippen LogP contribution >= 0.6 is 22.7 Å². The van der Waals surface area contributed by atoms with Crippen molar-refractivity contribution in [2.45, 2.75) is 6.92 Å². The van der Waals surface area contributed by atoms with Gasteiger partial charge in [-0.15, -0.1) is 22.7 Å². The summed E-state index contributed by atoms with van der Waals surface area (Å²) in [5.74, 6) is -0.961. The van der Waals surface area contributed by atoms with E-state index in [1.165, 1.54) is 16.2 Å². The Morgan fingerprint density at radius 2 is 2.07 bits per heavy atom. The van der Waals surface area contributed by atoms with Gasteiger partial charge in [0.2, 0.25) is 0 Å². The molecule has 78 valence electrons. The standard InChI is InChI=1S/C10H9NO2S2/c1-5-2-3-7(14-5)8-4-6(11)9(15-8)10(12)13/h2-4H,11H2,1H3,(H,12,13). The Bertz CT molecular complexity index is 513. The zero-order valence-electron chi connectivity index (χ0n) is 7.98. The number of aryl methyl sites for hydroxylation is 1. The van der Waals surface area contributed by atoms with Gasteiger partial charge in [0, 0.05) is 14.6 Å². The highest BCUT2D eigenvalue weighted by Gasteiger charge is 2.14. The molecule has 15 heavy (non-hydrogen) atoms. The zero-order valence-corrected chi connectivity index (χ0v) is 9.61. The summed E-state index contributed by atoms with van der Waals surface area (Å²) < 4.78 is 0. The summed E-state index contributed by atoms with van der Waals surface area (Å²) in [7, 11) is 0. The maximum atomic E-state index is 10.8. The van der Waals surface area contributed by atoms with Crippen molar-refractivity contribution in [3.05, 3.63) is 28.0 Å². The van der Waals surface area contributed by atoms with Crippen LogP contribution in [0.1, 0.15) is 14.5 Å². The molecular formula is C10H9NO2S2. The van der Waals surface area contributed by atoms with Crippen molar-refractivity contribution in [1.82, 2.24) is 0 Å². The predicted octanol–water partition coefficient (Wildman–Crippen LogP) is 3.07. The Morgan fingerprint density at radius 3 is 2.53 bits per heavy atom. The summed E-state index contributed by atoms with van der Waals surface area (Å²) in [6.45, 7) is 2.02. The molecule has 2 aromatic rings. The molecule has 0 aromatic carbocycles. The van der Waals surface area contributed by atoms with Gasteiger partial charge < -0.3 is 10.8 Å². The van der Waals surface area contributed by atoms with E-state index in [0.717, 1.165) is 9.75 Å². The van der Waals surface area contributed by atoms with E-state index in [2.05, 4.69) is 0 Å². The quantitative estimate of drug-likeness (QED) is 0.846. The van der Waals surface area contributed by atoms with Gasteiger partial charge in [0.25, 0.3) is 0 Å². The summed E-state index contributed by atoms with van der Waals surface area (Å²) in [6, 6.07) is 5.71. The van der Waals surface area contributed by atoms with Gasteiger partial charge in [-0.25, -0.2) is 4.79 Å². The summed E-state index contributed by atoms with van der Waals surface area (Å²) in [4.78, 5) is 14.2. The van der Waals surface area contributed by atoms with Crippen LogP contribution in [0.15, 0.2) is 18.2 Å². The van der Waals surface area contributed by atoms with Crippen LogP contribution in [0.5, 0.6) is 0 Å². The van der Waals surface area contributed by atoms with Gasteiger partial charge in [-0.3, -0.25) is 0 Å². The molecule has 2 aromatic heterocycles. The molecular weight excluding hydrogens is 230 g/mol. The molecule has 0 atom stereocenters.